The van der Waals surface area contributed by atoms with Gasteiger partial charge in [-0.05, 0) is 49.6 Å². The highest BCUT2D eigenvalue weighted by Gasteiger charge is 2.33. The smallest absolute Gasteiger partial charge is 0.357 e. The number of nitrogens with zero attached hydrogens (tertiary/aromatic N) is 2. The fraction of sp³-hybridized carbons (Fsp3) is 0.429. The van der Waals surface area contributed by atoms with Crippen molar-refractivity contribution >= 4 is 17.4 Å². The maximum absolute atomic E-state index is 13.0. The highest BCUT2D eigenvalue weighted by Crippen LogP contribution is 2.34. The Kier molecular flexibility index (Phi) is 6.74. The van der Waals surface area contributed by atoms with Crippen LogP contribution in [-0.2, 0) is 17.5 Å². The van der Waals surface area contributed by atoms with E-state index in [9.17, 15) is 18.0 Å². The van der Waals surface area contributed by atoms with Crippen molar-refractivity contribution in [2.75, 3.05) is 23.3 Å². The van der Waals surface area contributed by atoms with E-state index in [1.54, 1.807) is 6.20 Å². The van der Waals surface area contributed by atoms with E-state index in [4.69, 9.17) is 0 Å². The fourth-order valence-electron chi connectivity index (χ4n) is 3.37. The summed E-state index contributed by atoms with van der Waals surface area (Å²) < 4.78 is 39.1. The van der Waals surface area contributed by atoms with Crippen molar-refractivity contribution in [3.63, 3.8) is 0 Å². The van der Waals surface area contributed by atoms with Gasteiger partial charge in [0.25, 0.3) is 0 Å². The van der Waals surface area contributed by atoms with E-state index in [1.165, 1.54) is 31.0 Å². The number of pyridine rings is 1. The molecule has 2 heterocycles. The number of hydrogen-bond acceptors (Lipinski definition) is 4. The molecule has 1 fully saturated rings. The molecule has 156 valence electrons. The molecule has 0 saturated carbocycles. The minimum absolute atomic E-state index is 0.0657. The van der Waals surface area contributed by atoms with Gasteiger partial charge >= 0.3 is 6.18 Å². The van der Waals surface area contributed by atoms with Crippen molar-refractivity contribution in [3.8, 4) is 0 Å². The van der Waals surface area contributed by atoms with E-state index >= 15 is 0 Å². The van der Waals surface area contributed by atoms with Gasteiger partial charge in [0.05, 0.1) is 11.3 Å². The zero-order valence-electron chi connectivity index (χ0n) is 16.3. The molecule has 3 rings (SSSR count). The first kappa shape index (κ1) is 21.1. The Morgan fingerprint density at radius 2 is 1.93 bits per heavy atom. The molecule has 8 heteroatoms. The van der Waals surface area contributed by atoms with Gasteiger partial charge in [0.2, 0.25) is 5.91 Å². The molecule has 2 N–H and O–H groups in total. The van der Waals surface area contributed by atoms with Gasteiger partial charge in [-0.3, -0.25) is 4.79 Å². The molecule has 1 aromatic carbocycles. The molecular formula is C21H25F3N4O. The molecule has 1 atom stereocenters. The predicted octanol–water partition coefficient (Wildman–Crippen LogP) is 4.21. The quantitative estimate of drug-likeness (QED) is 0.723. The number of amides is 1. The summed E-state index contributed by atoms with van der Waals surface area (Å²) in [7, 11) is 0. The van der Waals surface area contributed by atoms with Gasteiger partial charge in [-0.15, -0.1) is 0 Å². The Balaban J connectivity index is 1.52. The molecule has 0 aliphatic carbocycles. The molecule has 1 aromatic heterocycles. The first-order valence-electron chi connectivity index (χ1n) is 9.72. The van der Waals surface area contributed by atoms with Crippen LogP contribution in [0.5, 0.6) is 0 Å². The van der Waals surface area contributed by atoms with Crippen LogP contribution in [0.15, 0.2) is 42.6 Å². The van der Waals surface area contributed by atoms with Crippen LogP contribution in [0.4, 0.5) is 24.7 Å². The summed E-state index contributed by atoms with van der Waals surface area (Å²) in [4.78, 5) is 18.9. The van der Waals surface area contributed by atoms with Crippen molar-refractivity contribution in [1.82, 2.24) is 10.3 Å². The third kappa shape index (κ3) is 5.93. The largest absolute Gasteiger partial charge is 0.418 e. The van der Waals surface area contributed by atoms with Crippen LogP contribution < -0.4 is 15.5 Å². The normalized spacial score (nSPS) is 15.4. The second-order valence-corrected chi connectivity index (χ2v) is 7.29. The maximum Gasteiger partial charge on any atom is 0.418 e. The number of carbonyl (C=O) groups excluding carboxylic acids is 1. The standard InChI is InChI=1S/C21H25F3N4O/c1-15(12-20(29)27-18-7-3-2-6-17(18)21(22,23)24)26-14-16-8-9-25-19(13-16)28-10-4-5-11-28/h2-3,6-9,13,15,26H,4-5,10-12,14H2,1H3,(H,27,29). The average Bonchev–Trinajstić information content (AvgIpc) is 3.21. The summed E-state index contributed by atoms with van der Waals surface area (Å²) >= 11 is 0. The molecule has 1 aliphatic heterocycles. The molecule has 2 aromatic rings. The van der Waals surface area contributed by atoms with Crippen LogP contribution in [-0.4, -0.2) is 30.0 Å². The molecule has 0 spiro atoms. The summed E-state index contributed by atoms with van der Waals surface area (Å²) in [5.74, 6) is 0.491. The van der Waals surface area contributed by atoms with Crippen LogP contribution in [0.1, 0.15) is 37.3 Å². The summed E-state index contributed by atoms with van der Waals surface area (Å²) in [6.07, 6.45) is -0.323. The highest BCUT2D eigenvalue weighted by molar-refractivity contribution is 5.92. The predicted molar refractivity (Wildman–Crippen MR) is 107 cm³/mol. The van der Waals surface area contributed by atoms with Gasteiger partial charge in [-0.2, -0.15) is 13.2 Å². The minimum Gasteiger partial charge on any atom is -0.357 e. The van der Waals surface area contributed by atoms with Gasteiger partial charge in [-0.25, -0.2) is 4.98 Å². The van der Waals surface area contributed by atoms with Gasteiger partial charge in [0.1, 0.15) is 5.82 Å². The summed E-state index contributed by atoms with van der Waals surface area (Å²) in [6.45, 7) is 4.41. The zero-order valence-corrected chi connectivity index (χ0v) is 16.3. The van der Waals surface area contributed by atoms with Gasteiger partial charge in [-0.1, -0.05) is 12.1 Å². The Labute approximate surface area is 168 Å². The van der Waals surface area contributed by atoms with Crippen LogP contribution >= 0.6 is 0 Å². The Hall–Kier alpha value is -2.61. The van der Waals surface area contributed by atoms with E-state index < -0.39 is 17.6 Å². The number of carbonyl (C=O) groups is 1. The summed E-state index contributed by atoms with van der Waals surface area (Å²) in [5.41, 5.74) is -0.0154. The maximum atomic E-state index is 13.0. The van der Waals surface area contributed by atoms with Crippen LogP contribution in [0.2, 0.25) is 0 Å². The minimum atomic E-state index is -4.51. The first-order chi connectivity index (χ1) is 13.8. The van der Waals surface area contributed by atoms with Crippen molar-refractivity contribution in [2.24, 2.45) is 0 Å². The second kappa shape index (κ2) is 9.26. The zero-order chi connectivity index (χ0) is 20.9. The lowest BCUT2D eigenvalue weighted by molar-refractivity contribution is -0.137. The van der Waals surface area contributed by atoms with Crippen LogP contribution in [0.25, 0.3) is 0 Å². The topological polar surface area (TPSA) is 57.3 Å². The monoisotopic (exact) mass is 406 g/mol. The number of nitrogens with one attached hydrogen (secondary N) is 2. The van der Waals surface area contributed by atoms with Crippen molar-refractivity contribution in [1.29, 1.82) is 0 Å². The molecule has 5 nitrogen and oxygen atoms in total. The summed E-state index contributed by atoms with van der Waals surface area (Å²) in [6, 6.07) is 8.73. The Morgan fingerprint density at radius 1 is 1.21 bits per heavy atom. The highest BCUT2D eigenvalue weighted by atomic mass is 19.4. The number of halogens is 3. The van der Waals surface area contributed by atoms with E-state index in [0.29, 0.717) is 6.54 Å². The van der Waals surface area contributed by atoms with Gasteiger partial charge in [0.15, 0.2) is 0 Å². The van der Waals surface area contributed by atoms with Crippen molar-refractivity contribution in [2.45, 2.75) is 44.9 Å². The lowest BCUT2D eigenvalue weighted by Crippen LogP contribution is -2.30. The third-order valence-corrected chi connectivity index (χ3v) is 4.89. The van der Waals surface area contributed by atoms with E-state index in [0.717, 1.165) is 30.5 Å². The Morgan fingerprint density at radius 3 is 2.66 bits per heavy atom. The SMILES string of the molecule is CC(CC(=O)Nc1ccccc1C(F)(F)F)NCc1ccnc(N2CCCC2)c1. The molecule has 1 saturated heterocycles. The fourth-order valence-corrected chi connectivity index (χ4v) is 3.37. The lowest BCUT2D eigenvalue weighted by Gasteiger charge is -2.18. The van der Waals surface area contributed by atoms with E-state index in [2.05, 4.69) is 20.5 Å². The van der Waals surface area contributed by atoms with E-state index in [-0.39, 0.29) is 18.2 Å². The molecule has 0 radical (unpaired) electrons. The van der Waals surface area contributed by atoms with E-state index in [1.807, 2.05) is 19.1 Å². The van der Waals surface area contributed by atoms with Crippen LogP contribution in [0.3, 0.4) is 0 Å². The van der Waals surface area contributed by atoms with Gasteiger partial charge < -0.3 is 15.5 Å². The number of rotatable bonds is 7. The number of anilines is 2. The summed E-state index contributed by atoms with van der Waals surface area (Å²) in [5, 5.41) is 5.63. The molecule has 29 heavy (non-hydrogen) atoms. The molecular weight excluding hydrogens is 381 g/mol. The van der Waals surface area contributed by atoms with Gasteiger partial charge in [0, 0.05) is 38.3 Å². The Bertz CT molecular complexity index is 835. The number of benzene rings is 1. The van der Waals surface area contributed by atoms with Crippen molar-refractivity contribution < 1.29 is 18.0 Å². The number of hydrogen-bond donors (Lipinski definition) is 2. The second-order valence-electron chi connectivity index (χ2n) is 7.29. The number of para-hydroxylation sites is 1. The first-order valence-corrected chi connectivity index (χ1v) is 9.72. The molecule has 0 bridgehead atoms. The molecule has 1 aliphatic rings. The third-order valence-electron chi connectivity index (χ3n) is 4.89. The average molecular weight is 406 g/mol. The number of alkyl halides is 3. The van der Waals surface area contributed by atoms with Crippen LogP contribution in [0, 0.1) is 0 Å². The van der Waals surface area contributed by atoms with Crippen molar-refractivity contribution in [3.05, 3.63) is 53.7 Å². The molecule has 1 unspecified atom stereocenters. The number of aromatic nitrogens is 1. The lowest BCUT2D eigenvalue weighted by atomic mass is 10.1. The molecule has 1 amide bonds.